The van der Waals surface area contributed by atoms with Crippen molar-refractivity contribution >= 4 is 11.8 Å². The Bertz CT molecular complexity index is 1080. The van der Waals surface area contributed by atoms with E-state index in [-0.39, 0.29) is 35.9 Å². The number of methoxy groups -OCH3 is 1. The summed E-state index contributed by atoms with van der Waals surface area (Å²) >= 11 is 0. The summed E-state index contributed by atoms with van der Waals surface area (Å²) in [4.78, 5) is 32.4. The highest BCUT2D eigenvalue weighted by Crippen LogP contribution is 2.30. The van der Waals surface area contributed by atoms with Gasteiger partial charge in [-0.25, -0.2) is 0 Å². The first-order valence-electron chi connectivity index (χ1n) is 20.2. The second-order valence-corrected chi connectivity index (χ2v) is 15.8. The molecular weight excluding hydrogens is 642 g/mol. The van der Waals surface area contributed by atoms with Gasteiger partial charge in [0.2, 0.25) is 11.8 Å². The molecule has 51 heavy (non-hydrogen) atoms. The average Bonchev–Trinajstić information content (AvgIpc) is 3.13. The Kier molecular flexibility index (Phi) is 20.6. The van der Waals surface area contributed by atoms with Gasteiger partial charge in [0, 0.05) is 39.1 Å². The summed E-state index contributed by atoms with van der Waals surface area (Å²) in [6.07, 6.45) is 12.4. The van der Waals surface area contributed by atoms with E-state index in [1.54, 1.807) is 7.11 Å². The van der Waals surface area contributed by atoms with Crippen LogP contribution < -0.4 is 16.0 Å². The number of carbonyl (C=O) groups excluding carboxylic acids is 2. The van der Waals surface area contributed by atoms with Gasteiger partial charge >= 0.3 is 0 Å². The number of amides is 2. The van der Waals surface area contributed by atoms with E-state index in [0.29, 0.717) is 25.7 Å². The van der Waals surface area contributed by atoms with Gasteiger partial charge < -0.3 is 30.1 Å². The highest BCUT2D eigenvalue weighted by atomic mass is 16.7. The Morgan fingerprint density at radius 1 is 1.00 bits per heavy atom. The van der Waals surface area contributed by atoms with Gasteiger partial charge in [0.25, 0.3) is 0 Å². The molecule has 0 aromatic heterocycles. The van der Waals surface area contributed by atoms with Crippen molar-refractivity contribution in [2.75, 3.05) is 54.2 Å². The molecular formula is C41H73N5O5. The van der Waals surface area contributed by atoms with Crippen LogP contribution >= 0.6 is 0 Å². The van der Waals surface area contributed by atoms with Crippen LogP contribution in [0.5, 0.6) is 0 Å². The van der Waals surface area contributed by atoms with E-state index in [1.807, 2.05) is 20.2 Å². The highest BCUT2D eigenvalue weighted by molar-refractivity contribution is 5.82. The van der Waals surface area contributed by atoms with E-state index in [4.69, 9.17) is 9.47 Å². The van der Waals surface area contributed by atoms with E-state index < -0.39 is 18.2 Å². The molecule has 1 aromatic rings. The van der Waals surface area contributed by atoms with Crippen LogP contribution in [0, 0.1) is 17.8 Å². The van der Waals surface area contributed by atoms with Crippen LogP contribution in [0.4, 0.5) is 0 Å². The van der Waals surface area contributed by atoms with Crippen molar-refractivity contribution in [1.29, 1.82) is 0 Å². The van der Waals surface area contributed by atoms with Crippen LogP contribution in [0.2, 0.25) is 0 Å². The number of hydrogen-bond donors (Lipinski definition) is 4. The van der Waals surface area contributed by atoms with Gasteiger partial charge in [-0.3, -0.25) is 19.8 Å². The number of unbranched alkanes of at least 4 members (excludes halogenated alkanes) is 1. The minimum Gasteiger partial charge on any atom is -0.391 e. The molecule has 1 aromatic carbocycles. The molecule has 1 aliphatic carbocycles. The van der Waals surface area contributed by atoms with Crippen molar-refractivity contribution in [2.45, 2.75) is 141 Å². The molecule has 5 atom stereocenters. The van der Waals surface area contributed by atoms with E-state index in [9.17, 15) is 14.7 Å². The molecule has 10 heteroatoms. The fourth-order valence-electron chi connectivity index (χ4n) is 7.80. The number of aliphatic hydroxyl groups is 1. The zero-order valence-electron chi connectivity index (χ0n) is 32.9. The number of piperidine rings is 1. The molecule has 1 saturated heterocycles. The minimum absolute atomic E-state index is 0.00631. The molecule has 4 N–H and O–H groups in total. The first-order chi connectivity index (χ1) is 24.6. The maximum Gasteiger partial charge on any atom is 0.237 e. The summed E-state index contributed by atoms with van der Waals surface area (Å²) < 4.78 is 11.0. The molecule has 2 fully saturated rings. The average molecular weight is 716 g/mol. The number of benzene rings is 1. The molecule has 0 unspecified atom stereocenters. The van der Waals surface area contributed by atoms with Crippen LogP contribution in [-0.2, 0) is 25.5 Å². The van der Waals surface area contributed by atoms with Gasteiger partial charge in [0.15, 0.2) is 0 Å². The van der Waals surface area contributed by atoms with Gasteiger partial charge in [0.1, 0.15) is 6.79 Å². The molecule has 10 nitrogen and oxygen atoms in total. The Morgan fingerprint density at radius 3 is 2.33 bits per heavy atom. The first kappa shape index (κ1) is 43.3. The standard InChI is InChI=1S/C41H73N5O5/c1-7-8-20-36(43-39(28-33-18-13-10-14-19-33)46-25-21-34(22-26-46)51-30-50-6)41(49)44-37(27-32-16-11-9-12-17-32)38(47)29-35(31(2)3)40(48)42-23-15-24-45(4)5/h10,13-14,18-19,31-32,34-39,43,47H,7-9,11-12,15-17,20-30H2,1-6H3,(H,42,48)(H,44,49)/t35-,36-,37-,38-,39-/m0/s1. The van der Waals surface area contributed by atoms with Gasteiger partial charge in [0.05, 0.1) is 30.5 Å². The second kappa shape index (κ2) is 24.3. The zero-order valence-corrected chi connectivity index (χ0v) is 32.9. The normalized spacial score (nSPS) is 19.5. The molecule has 292 valence electrons. The summed E-state index contributed by atoms with van der Waals surface area (Å²) in [5.41, 5.74) is 1.23. The smallest absolute Gasteiger partial charge is 0.237 e. The monoisotopic (exact) mass is 716 g/mol. The molecule has 3 rings (SSSR count). The van der Waals surface area contributed by atoms with E-state index >= 15 is 0 Å². The lowest BCUT2D eigenvalue weighted by molar-refractivity contribution is -0.128. The van der Waals surface area contributed by atoms with Crippen LogP contribution in [0.15, 0.2) is 30.3 Å². The molecule has 0 radical (unpaired) electrons. The number of ether oxygens (including phenoxy) is 2. The maximum absolute atomic E-state index is 14.4. The highest BCUT2D eigenvalue weighted by Gasteiger charge is 2.34. The van der Waals surface area contributed by atoms with Crippen LogP contribution in [-0.4, -0.2) is 111 Å². The van der Waals surface area contributed by atoms with E-state index in [1.165, 1.54) is 24.8 Å². The fraction of sp³-hybridized carbons (Fsp3) is 0.805. The van der Waals surface area contributed by atoms with Crippen LogP contribution in [0.3, 0.4) is 0 Å². The predicted octanol–water partition coefficient (Wildman–Crippen LogP) is 5.33. The van der Waals surface area contributed by atoms with Crippen LogP contribution in [0.25, 0.3) is 0 Å². The van der Waals surface area contributed by atoms with Crippen molar-refractivity contribution in [3.05, 3.63) is 35.9 Å². The number of nitrogens with zero attached hydrogens (tertiary/aromatic N) is 2. The molecule has 0 bridgehead atoms. The van der Waals surface area contributed by atoms with Crippen molar-refractivity contribution in [1.82, 2.24) is 25.8 Å². The minimum atomic E-state index is -0.811. The third kappa shape index (κ3) is 16.2. The third-order valence-electron chi connectivity index (χ3n) is 11.0. The van der Waals surface area contributed by atoms with E-state index in [0.717, 1.165) is 83.8 Å². The fourth-order valence-corrected chi connectivity index (χ4v) is 7.80. The first-order valence-corrected chi connectivity index (χ1v) is 20.2. The zero-order chi connectivity index (χ0) is 37.0. The second-order valence-electron chi connectivity index (χ2n) is 15.8. The topological polar surface area (TPSA) is 115 Å². The number of likely N-dealkylation sites (tertiary alicyclic amines) is 1. The predicted molar refractivity (Wildman–Crippen MR) is 206 cm³/mol. The lowest BCUT2D eigenvalue weighted by Gasteiger charge is -2.40. The lowest BCUT2D eigenvalue weighted by Crippen LogP contribution is -2.59. The maximum atomic E-state index is 14.4. The van der Waals surface area contributed by atoms with Crippen molar-refractivity contribution < 1.29 is 24.2 Å². The lowest BCUT2D eigenvalue weighted by atomic mass is 9.81. The Hall–Kier alpha value is -2.08. The summed E-state index contributed by atoms with van der Waals surface area (Å²) in [5.74, 6) is 0.152. The van der Waals surface area contributed by atoms with E-state index in [2.05, 4.69) is 70.8 Å². The Morgan fingerprint density at radius 2 is 1.71 bits per heavy atom. The van der Waals surface area contributed by atoms with Crippen LogP contribution in [0.1, 0.15) is 110 Å². The van der Waals surface area contributed by atoms with Crippen molar-refractivity contribution in [3.63, 3.8) is 0 Å². The number of nitrogens with one attached hydrogen (secondary N) is 3. The molecule has 1 aliphatic heterocycles. The Labute approximate surface area is 310 Å². The van der Waals surface area contributed by atoms with Gasteiger partial charge in [-0.2, -0.15) is 0 Å². The third-order valence-corrected chi connectivity index (χ3v) is 11.0. The van der Waals surface area contributed by atoms with Crippen molar-refractivity contribution in [2.24, 2.45) is 17.8 Å². The SMILES string of the molecule is CCCC[C@H](N[C@H](Cc1ccccc1)N1CCC(OCOC)CC1)C(=O)N[C@@H](CC1CCCCC1)[C@@H](O)C[C@H](C(=O)NCCCN(C)C)C(C)C. The van der Waals surface area contributed by atoms with Gasteiger partial charge in [-0.05, 0) is 76.6 Å². The number of aliphatic hydroxyl groups excluding tert-OH is 1. The summed E-state index contributed by atoms with van der Waals surface area (Å²) in [5, 5.41) is 22.2. The molecule has 2 aliphatic rings. The molecule has 1 heterocycles. The largest absolute Gasteiger partial charge is 0.391 e. The number of hydrogen-bond acceptors (Lipinski definition) is 8. The van der Waals surface area contributed by atoms with Crippen molar-refractivity contribution in [3.8, 4) is 0 Å². The quantitative estimate of drug-likeness (QED) is 0.0839. The summed E-state index contributed by atoms with van der Waals surface area (Å²) in [7, 11) is 5.72. The van der Waals surface area contributed by atoms with Gasteiger partial charge in [-0.1, -0.05) is 96.0 Å². The van der Waals surface area contributed by atoms with Gasteiger partial charge in [-0.15, -0.1) is 0 Å². The molecule has 0 spiro atoms. The number of rotatable bonds is 24. The molecule has 1 saturated carbocycles. The Balaban J connectivity index is 1.77. The molecule has 2 amide bonds. The summed E-state index contributed by atoms with van der Waals surface area (Å²) in [6, 6.07) is 9.69. The number of carbonyl (C=O) groups is 2. The summed E-state index contributed by atoms with van der Waals surface area (Å²) in [6.45, 7) is 9.84.